The summed E-state index contributed by atoms with van der Waals surface area (Å²) in [6, 6.07) is 12.3. The molecule has 1 amide bonds. The Labute approximate surface area is 160 Å². The Morgan fingerprint density at radius 3 is 2.44 bits per heavy atom. The molecule has 2 aromatic carbocycles. The minimum Gasteiger partial charge on any atom is -0.491 e. The molecule has 0 saturated heterocycles. The Balaban J connectivity index is 1.88. The van der Waals surface area contributed by atoms with Crippen LogP contribution < -0.4 is 10.1 Å². The third-order valence-corrected chi connectivity index (χ3v) is 5.33. The number of halogens is 1. The number of ether oxygens (including phenoxy) is 1. The molecule has 1 N–H and O–H groups in total. The van der Waals surface area contributed by atoms with Crippen LogP contribution in [0.4, 0.5) is 10.1 Å². The molecule has 0 aliphatic heterocycles. The van der Waals surface area contributed by atoms with Gasteiger partial charge in [0, 0.05) is 11.3 Å². The van der Waals surface area contributed by atoms with Gasteiger partial charge in [0.1, 0.15) is 11.6 Å². The van der Waals surface area contributed by atoms with E-state index in [-0.39, 0.29) is 17.8 Å². The molecule has 1 saturated carbocycles. The molecule has 0 aromatic heterocycles. The van der Waals surface area contributed by atoms with E-state index in [1.807, 2.05) is 45.0 Å². The maximum Gasteiger partial charge on any atom is 0.235 e. The third kappa shape index (κ3) is 4.15. The van der Waals surface area contributed by atoms with E-state index in [0.29, 0.717) is 18.4 Å². The van der Waals surface area contributed by atoms with Gasteiger partial charge in [-0.25, -0.2) is 4.39 Å². The van der Waals surface area contributed by atoms with Gasteiger partial charge < -0.3 is 10.1 Å². The number of benzene rings is 2. The van der Waals surface area contributed by atoms with Crippen LogP contribution in [0.2, 0.25) is 0 Å². The summed E-state index contributed by atoms with van der Waals surface area (Å²) >= 11 is 0. The average molecular weight is 369 g/mol. The number of rotatable bonds is 5. The molecule has 0 radical (unpaired) electrons. The summed E-state index contributed by atoms with van der Waals surface area (Å²) in [6.45, 7) is 5.92. The second kappa shape index (κ2) is 8.12. The first-order chi connectivity index (χ1) is 12.9. The zero-order valence-electron chi connectivity index (χ0n) is 16.3. The van der Waals surface area contributed by atoms with Crippen molar-refractivity contribution in [1.82, 2.24) is 0 Å². The molecule has 3 rings (SSSR count). The Hall–Kier alpha value is -2.36. The predicted octanol–water partition coefficient (Wildman–Crippen LogP) is 5.76. The smallest absolute Gasteiger partial charge is 0.235 e. The number of anilines is 1. The van der Waals surface area contributed by atoms with E-state index >= 15 is 0 Å². The van der Waals surface area contributed by atoms with Crippen LogP contribution in [-0.4, -0.2) is 12.0 Å². The number of hydrogen-bond donors (Lipinski definition) is 1. The number of nitrogens with one attached hydrogen (secondary N) is 1. The Bertz CT molecular complexity index is 810. The minimum absolute atomic E-state index is 0.0932. The fraction of sp³-hybridized carbons (Fsp3) is 0.435. The van der Waals surface area contributed by atoms with E-state index in [1.165, 1.54) is 6.07 Å². The molecule has 4 heteroatoms. The van der Waals surface area contributed by atoms with Crippen LogP contribution >= 0.6 is 0 Å². The van der Waals surface area contributed by atoms with Crippen molar-refractivity contribution in [1.29, 1.82) is 0 Å². The molecule has 144 valence electrons. The second-order valence-corrected chi connectivity index (χ2v) is 7.72. The van der Waals surface area contributed by atoms with E-state index in [4.69, 9.17) is 4.74 Å². The van der Waals surface area contributed by atoms with Crippen LogP contribution in [0.25, 0.3) is 0 Å². The fourth-order valence-corrected chi connectivity index (χ4v) is 3.99. The highest BCUT2D eigenvalue weighted by atomic mass is 19.1. The first-order valence-corrected chi connectivity index (χ1v) is 9.76. The van der Waals surface area contributed by atoms with Crippen molar-refractivity contribution >= 4 is 11.6 Å². The van der Waals surface area contributed by atoms with Crippen molar-refractivity contribution in [2.24, 2.45) is 0 Å². The van der Waals surface area contributed by atoms with Crippen LogP contribution in [0.3, 0.4) is 0 Å². The number of carbonyl (C=O) groups excluding carboxylic acids is 1. The first kappa shape index (κ1) is 19.4. The van der Waals surface area contributed by atoms with E-state index in [0.717, 1.165) is 36.3 Å². The van der Waals surface area contributed by atoms with E-state index in [1.54, 1.807) is 12.1 Å². The van der Waals surface area contributed by atoms with Gasteiger partial charge >= 0.3 is 0 Å². The SMILES string of the molecule is Cc1cc(NC(=O)C2(c3ccccc3F)CCCCC2)ccc1OC(C)C. The van der Waals surface area contributed by atoms with Gasteiger partial charge in [0.15, 0.2) is 0 Å². The topological polar surface area (TPSA) is 38.3 Å². The molecular formula is C23H28FNO2. The minimum atomic E-state index is -0.801. The van der Waals surface area contributed by atoms with Gasteiger partial charge in [-0.1, -0.05) is 37.5 Å². The number of amides is 1. The third-order valence-electron chi connectivity index (χ3n) is 5.33. The lowest BCUT2D eigenvalue weighted by Crippen LogP contribution is -2.42. The molecule has 1 aliphatic rings. The molecule has 0 heterocycles. The van der Waals surface area contributed by atoms with Crippen LogP contribution in [-0.2, 0) is 10.2 Å². The highest BCUT2D eigenvalue weighted by Gasteiger charge is 2.42. The molecule has 27 heavy (non-hydrogen) atoms. The molecule has 3 nitrogen and oxygen atoms in total. The molecule has 0 atom stereocenters. The van der Waals surface area contributed by atoms with Crippen LogP contribution in [0.15, 0.2) is 42.5 Å². The Kier molecular flexibility index (Phi) is 5.83. The highest BCUT2D eigenvalue weighted by molar-refractivity contribution is 5.99. The van der Waals surface area contributed by atoms with Gasteiger partial charge in [-0.2, -0.15) is 0 Å². The maximum atomic E-state index is 14.6. The molecule has 0 bridgehead atoms. The average Bonchev–Trinajstić information content (AvgIpc) is 2.64. The quantitative estimate of drug-likeness (QED) is 0.727. The predicted molar refractivity (Wildman–Crippen MR) is 107 cm³/mol. The Morgan fingerprint density at radius 1 is 1.11 bits per heavy atom. The van der Waals surface area contributed by atoms with E-state index < -0.39 is 5.41 Å². The molecule has 2 aromatic rings. The summed E-state index contributed by atoms with van der Waals surface area (Å²) in [6.07, 6.45) is 4.39. The van der Waals surface area contributed by atoms with Gasteiger partial charge in [-0.15, -0.1) is 0 Å². The van der Waals surface area contributed by atoms with E-state index in [9.17, 15) is 9.18 Å². The number of aryl methyl sites for hydroxylation is 1. The molecule has 1 aliphatic carbocycles. The lowest BCUT2D eigenvalue weighted by molar-refractivity contribution is -0.122. The highest BCUT2D eigenvalue weighted by Crippen LogP contribution is 2.41. The van der Waals surface area contributed by atoms with Crippen molar-refractivity contribution in [2.45, 2.75) is 64.4 Å². The normalized spacial score (nSPS) is 16.2. The summed E-state index contributed by atoms with van der Waals surface area (Å²) in [5, 5.41) is 3.04. The standard InChI is InChI=1S/C23H28FNO2/c1-16(2)27-21-12-11-18(15-17(21)3)25-22(26)23(13-7-4-8-14-23)19-9-5-6-10-20(19)24/h5-6,9-12,15-16H,4,7-8,13-14H2,1-3H3,(H,25,26). The van der Waals surface area contributed by atoms with Crippen LogP contribution in [0.1, 0.15) is 57.1 Å². The summed E-state index contributed by atoms with van der Waals surface area (Å²) in [7, 11) is 0. The summed E-state index contributed by atoms with van der Waals surface area (Å²) in [5.74, 6) is 0.389. The molecule has 1 fully saturated rings. The second-order valence-electron chi connectivity index (χ2n) is 7.72. The zero-order chi connectivity index (χ0) is 19.4. The van der Waals surface area contributed by atoms with Gasteiger partial charge in [0.05, 0.1) is 11.5 Å². The maximum absolute atomic E-state index is 14.6. The summed E-state index contributed by atoms with van der Waals surface area (Å²) in [5.41, 5.74) is 1.39. The summed E-state index contributed by atoms with van der Waals surface area (Å²) in [4.78, 5) is 13.3. The Morgan fingerprint density at radius 2 is 1.81 bits per heavy atom. The fourth-order valence-electron chi connectivity index (χ4n) is 3.99. The van der Waals surface area contributed by atoms with Gasteiger partial charge in [-0.05, 0) is 63.4 Å². The molecule has 0 unspecified atom stereocenters. The summed E-state index contributed by atoms with van der Waals surface area (Å²) < 4.78 is 20.3. The lowest BCUT2D eigenvalue weighted by atomic mass is 9.68. The lowest BCUT2D eigenvalue weighted by Gasteiger charge is -2.36. The van der Waals surface area contributed by atoms with Gasteiger partial charge in [0.25, 0.3) is 0 Å². The van der Waals surface area contributed by atoms with Crippen molar-refractivity contribution in [3.63, 3.8) is 0 Å². The van der Waals surface area contributed by atoms with Crippen LogP contribution in [0.5, 0.6) is 5.75 Å². The zero-order valence-corrected chi connectivity index (χ0v) is 16.3. The monoisotopic (exact) mass is 369 g/mol. The van der Waals surface area contributed by atoms with E-state index in [2.05, 4.69) is 5.32 Å². The largest absolute Gasteiger partial charge is 0.491 e. The molecular weight excluding hydrogens is 341 g/mol. The molecule has 0 spiro atoms. The van der Waals surface area contributed by atoms with Crippen LogP contribution in [0, 0.1) is 12.7 Å². The van der Waals surface area contributed by atoms with Gasteiger partial charge in [0.2, 0.25) is 5.91 Å². The van der Waals surface area contributed by atoms with Gasteiger partial charge in [-0.3, -0.25) is 4.79 Å². The first-order valence-electron chi connectivity index (χ1n) is 9.76. The number of hydrogen-bond acceptors (Lipinski definition) is 2. The number of carbonyl (C=O) groups is 1. The van der Waals surface area contributed by atoms with Crippen molar-refractivity contribution in [3.05, 3.63) is 59.4 Å². The van der Waals surface area contributed by atoms with Crippen molar-refractivity contribution < 1.29 is 13.9 Å². The van der Waals surface area contributed by atoms with Crippen molar-refractivity contribution in [2.75, 3.05) is 5.32 Å². The van der Waals surface area contributed by atoms with Crippen molar-refractivity contribution in [3.8, 4) is 5.75 Å².